The summed E-state index contributed by atoms with van der Waals surface area (Å²) in [4.78, 5) is 21.3. The maximum atomic E-state index is 10.3. The molecule has 23 heavy (non-hydrogen) atoms. The number of aromatic nitrogens is 4. The van der Waals surface area contributed by atoms with E-state index >= 15 is 0 Å². The van der Waals surface area contributed by atoms with Gasteiger partial charge < -0.3 is 29.4 Å². The first kappa shape index (κ1) is 16.6. The summed E-state index contributed by atoms with van der Waals surface area (Å²) in [7, 11) is -1.63. The molecule has 1 aliphatic heterocycles. The van der Waals surface area contributed by atoms with Gasteiger partial charge in [-0.25, -0.2) is 15.0 Å². The largest absolute Gasteiger partial charge is 0.418 e. The number of rotatable bonds is 5. The zero-order chi connectivity index (χ0) is 16.6. The Balaban J connectivity index is 1.89. The zero-order valence-electron chi connectivity index (χ0n) is 12.2. The molecule has 1 saturated heterocycles. The van der Waals surface area contributed by atoms with E-state index in [2.05, 4.69) is 15.0 Å². The van der Waals surface area contributed by atoms with Crippen LogP contribution >= 0.6 is 8.53 Å². The van der Waals surface area contributed by atoms with Crippen molar-refractivity contribution in [2.24, 2.45) is 5.50 Å². The maximum absolute atomic E-state index is 10.3. The van der Waals surface area contributed by atoms with Gasteiger partial charge in [0.25, 0.3) is 0 Å². The SMILES string of the molecule is Nc1ncnc2c1ncn2[C@@H]1O[C@H](COP(N)O)[C@@H](O)[C@H]1O[SiH3]. The average Bonchev–Trinajstić information content (AvgIpc) is 3.07. The third-order valence-corrected chi connectivity index (χ3v) is 4.58. The molecule has 6 N–H and O–H groups in total. The van der Waals surface area contributed by atoms with Gasteiger partial charge in [-0.2, -0.15) is 0 Å². The smallest absolute Gasteiger partial charge is 0.250 e. The van der Waals surface area contributed by atoms with Crippen molar-refractivity contribution in [2.45, 2.75) is 24.5 Å². The molecule has 0 amide bonds. The number of aliphatic hydroxyl groups excluding tert-OH is 1. The quantitative estimate of drug-likeness (QED) is 0.332. The van der Waals surface area contributed by atoms with Crippen molar-refractivity contribution in [3.8, 4) is 0 Å². The molecule has 0 radical (unpaired) electrons. The molecule has 3 heterocycles. The molecule has 0 aromatic carbocycles. The van der Waals surface area contributed by atoms with Crippen LogP contribution in [0.5, 0.6) is 0 Å². The van der Waals surface area contributed by atoms with Crippen molar-refractivity contribution in [1.29, 1.82) is 0 Å². The molecule has 126 valence electrons. The number of nitrogens with two attached hydrogens (primary N) is 2. The van der Waals surface area contributed by atoms with Crippen molar-refractivity contribution in [3.05, 3.63) is 12.7 Å². The second kappa shape index (κ2) is 6.71. The highest BCUT2D eigenvalue weighted by Gasteiger charge is 2.45. The molecule has 0 saturated carbocycles. The van der Waals surface area contributed by atoms with E-state index in [-0.39, 0.29) is 12.4 Å². The molecular weight excluding hydrogens is 343 g/mol. The summed E-state index contributed by atoms with van der Waals surface area (Å²) < 4.78 is 17.9. The number of anilines is 1. The first-order valence-electron chi connectivity index (χ1n) is 6.69. The average molecular weight is 360 g/mol. The Hall–Kier alpha value is -1.24. The minimum Gasteiger partial charge on any atom is -0.418 e. The van der Waals surface area contributed by atoms with Crippen LogP contribution < -0.4 is 11.2 Å². The highest BCUT2D eigenvalue weighted by Crippen LogP contribution is 2.35. The van der Waals surface area contributed by atoms with Gasteiger partial charge >= 0.3 is 0 Å². The normalized spacial score (nSPS) is 29.3. The Morgan fingerprint density at radius 1 is 1.43 bits per heavy atom. The molecule has 1 unspecified atom stereocenters. The number of imidazole rings is 1. The fourth-order valence-corrected chi connectivity index (χ4v) is 3.35. The van der Waals surface area contributed by atoms with E-state index in [4.69, 9.17) is 29.8 Å². The molecule has 0 bridgehead atoms. The summed E-state index contributed by atoms with van der Waals surface area (Å²) in [6, 6.07) is 0. The molecule has 0 aliphatic carbocycles. The predicted molar refractivity (Wildman–Crippen MR) is 83.7 cm³/mol. The van der Waals surface area contributed by atoms with Gasteiger partial charge in [0.1, 0.15) is 40.6 Å². The van der Waals surface area contributed by atoms with E-state index in [1.807, 2.05) is 0 Å². The van der Waals surface area contributed by atoms with Gasteiger partial charge in [-0.15, -0.1) is 0 Å². The van der Waals surface area contributed by atoms with E-state index < -0.39 is 33.1 Å². The fraction of sp³-hybridized carbons (Fsp3) is 0.500. The van der Waals surface area contributed by atoms with Crippen LogP contribution in [-0.2, 0) is 13.7 Å². The number of aliphatic hydroxyl groups is 1. The van der Waals surface area contributed by atoms with Crippen LogP contribution in [0, 0.1) is 0 Å². The summed E-state index contributed by atoms with van der Waals surface area (Å²) in [5.41, 5.74) is 11.9. The predicted octanol–water partition coefficient (Wildman–Crippen LogP) is -2.47. The zero-order valence-corrected chi connectivity index (χ0v) is 15.1. The highest BCUT2D eigenvalue weighted by atomic mass is 31.2. The number of nitrogen functional groups attached to an aromatic ring is 1. The van der Waals surface area contributed by atoms with Gasteiger partial charge in [-0.3, -0.25) is 10.1 Å². The summed E-state index contributed by atoms with van der Waals surface area (Å²) in [6.07, 6.45) is -0.0811. The Bertz CT molecular complexity index is 689. The summed E-state index contributed by atoms with van der Waals surface area (Å²) in [5.74, 6) is 0.254. The van der Waals surface area contributed by atoms with Crippen molar-refractivity contribution in [2.75, 3.05) is 12.3 Å². The van der Waals surface area contributed by atoms with Gasteiger partial charge in [0.15, 0.2) is 17.7 Å². The van der Waals surface area contributed by atoms with Crippen LogP contribution in [0.4, 0.5) is 5.82 Å². The minimum atomic E-state index is -2.03. The number of fused-ring (bicyclic) bond motifs is 1. The van der Waals surface area contributed by atoms with Crippen LogP contribution in [0.2, 0.25) is 0 Å². The molecule has 11 nitrogen and oxygen atoms in total. The highest BCUT2D eigenvalue weighted by molar-refractivity contribution is 7.43. The van der Waals surface area contributed by atoms with Crippen molar-refractivity contribution >= 4 is 36.0 Å². The molecule has 0 spiro atoms. The van der Waals surface area contributed by atoms with E-state index in [1.165, 1.54) is 12.7 Å². The van der Waals surface area contributed by atoms with Crippen LogP contribution in [0.25, 0.3) is 11.2 Å². The lowest BCUT2D eigenvalue weighted by Gasteiger charge is -2.20. The Labute approximate surface area is 135 Å². The molecule has 13 heteroatoms. The fourth-order valence-electron chi connectivity index (χ4n) is 2.54. The lowest BCUT2D eigenvalue weighted by Crippen LogP contribution is -2.35. The Morgan fingerprint density at radius 2 is 2.22 bits per heavy atom. The lowest BCUT2D eigenvalue weighted by atomic mass is 10.1. The molecule has 3 rings (SSSR count). The summed E-state index contributed by atoms with van der Waals surface area (Å²) in [5, 5.41) is 10.3. The standard InChI is InChI=1S/C10H17N6O5PSi/c11-8-5-9(14-2-13-8)16(3-15-5)10-7(21-23)6(17)4(20-10)1-19-22(12)18/h2-4,6-7,10,17-18H,1,12H2,23H3,(H2,11,13,14)/t4-,6-,7-,10-,22?/m1/s1. The summed E-state index contributed by atoms with van der Waals surface area (Å²) in [6.45, 7) is -0.0540. The third-order valence-electron chi connectivity index (χ3n) is 3.62. The summed E-state index contributed by atoms with van der Waals surface area (Å²) >= 11 is 0. The van der Waals surface area contributed by atoms with Gasteiger partial charge in [-0.05, 0) is 0 Å². The van der Waals surface area contributed by atoms with Gasteiger partial charge in [-0.1, -0.05) is 0 Å². The number of hydrogen-bond acceptors (Lipinski definition) is 10. The molecular formula is C10H17N6O5PSi. The number of hydrogen-bond donors (Lipinski definition) is 4. The number of ether oxygens (including phenoxy) is 1. The van der Waals surface area contributed by atoms with E-state index in [9.17, 15) is 5.11 Å². The topological polar surface area (TPSA) is 164 Å². The molecule has 1 fully saturated rings. The van der Waals surface area contributed by atoms with Gasteiger partial charge in [0, 0.05) is 0 Å². The number of nitrogens with zero attached hydrogens (tertiary/aromatic N) is 4. The molecule has 5 atom stereocenters. The molecule has 2 aromatic rings. The van der Waals surface area contributed by atoms with E-state index in [1.54, 1.807) is 4.57 Å². The second-order valence-electron chi connectivity index (χ2n) is 4.94. The maximum Gasteiger partial charge on any atom is 0.250 e. The molecule has 1 aliphatic rings. The molecule has 2 aromatic heterocycles. The van der Waals surface area contributed by atoms with Gasteiger partial charge in [0.05, 0.1) is 12.9 Å². The van der Waals surface area contributed by atoms with E-state index in [0.717, 1.165) is 0 Å². The van der Waals surface area contributed by atoms with E-state index in [0.29, 0.717) is 21.6 Å². The minimum absolute atomic E-state index is 0.0540. The van der Waals surface area contributed by atoms with Crippen LogP contribution in [0.15, 0.2) is 12.7 Å². The monoisotopic (exact) mass is 360 g/mol. The van der Waals surface area contributed by atoms with Crippen LogP contribution in [0.3, 0.4) is 0 Å². The van der Waals surface area contributed by atoms with Crippen LogP contribution in [0.1, 0.15) is 6.23 Å². The Morgan fingerprint density at radius 3 is 2.91 bits per heavy atom. The van der Waals surface area contributed by atoms with Crippen LogP contribution in [-0.4, -0.2) is 64.9 Å². The van der Waals surface area contributed by atoms with Crippen molar-refractivity contribution < 1.29 is 23.7 Å². The first-order chi connectivity index (χ1) is 11.0. The van der Waals surface area contributed by atoms with Crippen molar-refractivity contribution in [1.82, 2.24) is 19.5 Å². The second-order valence-corrected chi connectivity index (χ2v) is 6.27. The van der Waals surface area contributed by atoms with Gasteiger partial charge in [0.2, 0.25) is 8.53 Å². The third kappa shape index (κ3) is 3.07. The lowest BCUT2D eigenvalue weighted by molar-refractivity contribution is -0.0439. The van der Waals surface area contributed by atoms with Crippen molar-refractivity contribution in [3.63, 3.8) is 0 Å². The first-order valence-corrected chi connectivity index (χ1v) is 8.78. The Kier molecular flexibility index (Phi) is 4.84.